The molecule has 0 amide bonds. The van der Waals surface area contributed by atoms with Crippen LogP contribution in [0.15, 0.2) is 78.1 Å². The molecule has 2 aromatic heterocycles. The van der Waals surface area contributed by atoms with Crippen molar-refractivity contribution in [3.8, 4) is 17.0 Å². The average molecular weight is 531 g/mol. The molecule has 1 N–H and O–H groups in total. The van der Waals surface area contributed by atoms with Crippen LogP contribution in [0.25, 0.3) is 11.3 Å². The van der Waals surface area contributed by atoms with Gasteiger partial charge in [0.05, 0.1) is 29.0 Å². The highest BCUT2D eigenvalue weighted by molar-refractivity contribution is 7.92. The van der Waals surface area contributed by atoms with Crippen LogP contribution >= 0.6 is 0 Å². The van der Waals surface area contributed by atoms with Crippen LogP contribution < -0.4 is 9.46 Å². The lowest BCUT2D eigenvalue weighted by Crippen LogP contribution is -2.19. The number of aromatic nitrogens is 3. The van der Waals surface area contributed by atoms with Crippen LogP contribution in [0.5, 0.6) is 5.75 Å². The molecule has 5 rings (SSSR count). The first-order valence-corrected chi connectivity index (χ1v) is 12.5. The third kappa shape index (κ3) is 5.10. The zero-order valence-corrected chi connectivity index (χ0v) is 19.7. The van der Waals surface area contributed by atoms with Crippen molar-refractivity contribution in [3.63, 3.8) is 0 Å². The maximum Gasteiger partial charge on any atom is 0.416 e. The van der Waals surface area contributed by atoms with Crippen molar-refractivity contribution < 1.29 is 30.7 Å². The summed E-state index contributed by atoms with van der Waals surface area (Å²) in [7, 11) is -4.03. The van der Waals surface area contributed by atoms with Crippen molar-refractivity contribution >= 4 is 16.0 Å². The predicted molar refractivity (Wildman–Crippen MR) is 126 cm³/mol. The van der Waals surface area contributed by atoms with Gasteiger partial charge in [-0.1, -0.05) is 12.1 Å². The van der Waals surface area contributed by atoms with Crippen LogP contribution in [-0.2, 0) is 16.2 Å². The van der Waals surface area contributed by atoms with Gasteiger partial charge in [-0.3, -0.25) is 4.98 Å². The van der Waals surface area contributed by atoms with Gasteiger partial charge < -0.3 is 4.74 Å². The molecule has 0 bridgehead atoms. The Morgan fingerprint density at radius 2 is 1.70 bits per heavy atom. The summed E-state index contributed by atoms with van der Waals surface area (Å²) in [6.07, 6.45) is -0.432. The number of hydrogen-bond acceptors (Lipinski definition) is 6. The standard InChI is InChI=1S/C25H18F4N4O3S/c26-16-3-7-22(32-14-16)21-12-15(25(27,28)29)2-5-18(21)19-8-11-36-23-13-17(4-6-20(19)23)37(34,35)33-24-30-9-1-10-31-24/h1-7,9-10,12-14,19H,8,11H2,(H,30,31,33). The number of nitrogens with zero attached hydrogens (tertiary/aromatic N) is 3. The van der Waals surface area contributed by atoms with Gasteiger partial charge in [0.2, 0.25) is 5.95 Å². The number of sulfonamides is 1. The molecule has 12 heteroatoms. The minimum Gasteiger partial charge on any atom is -0.493 e. The number of halogens is 4. The fourth-order valence-electron chi connectivity index (χ4n) is 4.18. The first-order chi connectivity index (χ1) is 17.6. The van der Waals surface area contributed by atoms with Crippen LogP contribution in [0.4, 0.5) is 23.5 Å². The smallest absolute Gasteiger partial charge is 0.416 e. The normalized spacial score (nSPS) is 15.5. The molecule has 1 unspecified atom stereocenters. The number of nitrogens with one attached hydrogen (secondary N) is 1. The first kappa shape index (κ1) is 24.6. The van der Waals surface area contributed by atoms with Crippen molar-refractivity contribution in [2.45, 2.75) is 23.4 Å². The third-order valence-electron chi connectivity index (χ3n) is 5.89. The molecule has 0 aliphatic carbocycles. The highest BCUT2D eigenvalue weighted by Crippen LogP contribution is 2.44. The average Bonchev–Trinajstić information content (AvgIpc) is 2.88. The summed E-state index contributed by atoms with van der Waals surface area (Å²) in [5.41, 5.74) is 0.654. The number of fused-ring (bicyclic) bond motifs is 1. The lowest BCUT2D eigenvalue weighted by molar-refractivity contribution is -0.137. The Morgan fingerprint density at radius 1 is 0.946 bits per heavy atom. The summed E-state index contributed by atoms with van der Waals surface area (Å²) in [5, 5.41) is 0. The number of hydrogen-bond donors (Lipinski definition) is 1. The number of ether oxygens (including phenoxy) is 1. The maximum atomic E-state index is 13.5. The monoisotopic (exact) mass is 530 g/mol. The molecule has 1 aliphatic rings. The highest BCUT2D eigenvalue weighted by atomic mass is 32.2. The lowest BCUT2D eigenvalue weighted by Gasteiger charge is -2.28. The molecule has 2 aromatic carbocycles. The SMILES string of the molecule is O=S(=O)(Nc1ncccn1)c1ccc2c(c1)OCCC2c1ccc(C(F)(F)F)cc1-c1ccc(F)cn1. The minimum atomic E-state index is -4.58. The Bertz CT molecular complexity index is 1550. The van der Waals surface area contributed by atoms with Gasteiger partial charge >= 0.3 is 6.18 Å². The molecule has 0 spiro atoms. The second-order valence-corrected chi connectivity index (χ2v) is 9.91. The van der Waals surface area contributed by atoms with Gasteiger partial charge in [-0.25, -0.2) is 27.5 Å². The molecule has 4 aromatic rings. The number of alkyl halides is 3. The van der Waals surface area contributed by atoms with Gasteiger partial charge in [0.1, 0.15) is 11.6 Å². The van der Waals surface area contributed by atoms with Crippen LogP contribution in [0.2, 0.25) is 0 Å². The molecular weight excluding hydrogens is 512 g/mol. The highest BCUT2D eigenvalue weighted by Gasteiger charge is 2.33. The van der Waals surface area contributed by atoms with E-state index in [0.29, 0.717) is 17.5 Å². The molecule has 0 fully saturated rings. The van der Waals surface area contributed by atoms with Crippen molar-refractivity contribution in [1.29, 1.82) is 0 Å². The molecule has 1 aliphatic heterocycles. The van der Waals surface area contributed by atoms with Gasteiger partial charge in [-0.15, -0.1) is 0 Å². The fraction of sp³-hybridized carbons (Fsp3) is 0.160. The van der Waals surface area contributed by atoms with E-state index in [0.717, 1.165) is 24.4 Å². The van der Waals surface area contributed by atoms with Gasteiger partial charge in [-0.2, -0.15) is 13.2 Å². The van der Waals surface area contributed by atoms with Crippen molar-refractivity contribution in [2.75, 3.05) is 11.3 Å². The van der Waals surface area contributed by atoms with Crippen molar-refractivity contribution in [2.24, 2.45) is 0 Å². The summed E-state index contributed by atoms with van der Waals surface area (Å²) in [6.45, 7) is 0.202. The predicted octanol–water partition coefficient (Wildman–Crippen LogP) is 5.41. The molecule has 1 atom stereocenters. The van der Waals surface area contributed by atoms with Gasteiger partial charge in [0.25, 0.3) is 10.0 Å². The number of rotatable bonds is 5. The largest absolute Gasteiger partial charge is 0.493 e. The molecule has 0 radical (unpaired) electrons. The Labute approximate surface area is 209 Å². The van der Waals surface area contributed by atoms with Crippen LogP contribution in [0, 0.1) is 5.82 Å². The van der Waals surface area contributed by atoms with E-state index in [1.54, 1.807) is 12.1 Å². The van der Waals surface area contributed by atoms with E-state index in [4.69, 9.17) is 4.74 Å². The molecule has 3 heterocycles. The van der Waals surface area contributed by atoms with Gasteiger partial charge in [-0.05, 0) is 48.4 Å². The Hall–Kier alpha value is -4.06. The van der Waals surface area contributed by atoms with Crippen LogP contribution in [0.1, 0.15) is 29.0 Å². The lowest BCUT2D eigenvalue weighted by atomic mass is 9.83. The van der Waals surface area contributed by atoms with E-state index in [-0.39, 0.29) is 34.5 Å². The Balaban J connectivity index is 1.56. The number of pyridine rings is 1. The Kier molecular flexibility index (Phi) is 6.28. The quantitative estimate of drug-likeness (QED) is 0.347. The van der Waals surface area contributed by atoms with Crippen molar-refractivity contribution in [3.05, 3.63) is 95.7 Å². The maximum absolute atomic E-state index is 13.5. The van der Waals surface area contributed by atoms with Crippen molar-refractivity contribution in [1.82, 2.24) is 15.0 Å². The summed E-state index contributed by atoms with van der Waals surface area (Å²) in [5.74, 6) is -0.849. The van der Waals surface area contributed by atoms with Gasteiger partial charge in [0.15, 0.2) is 0 Å². The summed E-state index contributed by atoms with van der Waals surface area (Å²) in [6, 6.07) is 11.7. The Morgan fingerprint density at radius 3 is 2.41 bits per heavy atom. The number of anilines is 1. The molecule has 37 heavy (non-hydrogen) atoms. The zero-order valence-electron chi connectivity index (χ0n) is 18.9. The van der Waals surface area contributed by atoms with E-state index in [1.165, 1.54) is 36.7 Å². The summed E-state index contributed by atoms with van der Waals surface area (Å²) >= 11 is 0. The molecule has 0 saturated carbocycles. The van der Waals surface area contributed by atoms with Gasteiger partial charge in [0, 0.05) is 35.5 Å². The minimum absolute atomic E-state index is 0.0906. The molecule has 7 nitrogen and oxygen atoms in total. The van der Waals surface area contributed by atoms with E-state index in [1.807, 2.05) is 0 Å². The first-order valence-electron chi connectivity index (χ1n) is 11.0. The van der Waals surface area contributed by atoms with Crippen LogP contribution in [-0.4, -0.2) is 30.0 Å². The summed E-state index contributed by atoms with van der Waals surface area (Å²) in [4.78, 5) is 11.6. The third-order valence-corrected chi connectivity index (χ3v) is 7.21. The van der Waals surface area contributed by atoms with E-state index in [9.17, 15) is 26.0 Å². The fourth-order valence-corrected chi connectivity index (χ4v) is 5.16. The second-order valence-electron chi connectivity index (χ2n) is 8.23. The topological polar surface area (TPSA) is 94.1 Å². The summed E-state index contributed by atoms with van der Waals surface area (Å²) < 4.78 is 87.7. The molecule has 0 saturated heterocycles. The molecule has 190 valence electrons. The second kappa shape index (κ2) is 9.43. The number of benzene rings is 2. The molecular formula is C25H18F4N4O3S. The zero-order chi connectivity index (χ0) is 26.2. The van der Waals surface area contributed by atoms with E-state index >= 15 is 0 Å². The van der Waals surface area contributed by atoms with E-state index < -0.39 is 33.5 Å². The van der Waals surface area contributed by atoms with E-state index in [2.05, 4.69) is 19.7 Å². The van der Waals surface area contributed by atoms with Crippen LogP contribution in [0.3, 0.4) is 0 Å².